The summed E-state index contributed by atoms with van der Waals surface area (Å²) in [6.45, 7) is 0. The predicted molar refractivity (Wildman–Crippen MR) is 104 cm³/mol. The number of hydrogen-bond acceptors (Lipinski definition) is 6. The van der Waals surface area contributed by atoms with Gasteiger partial charge in [-0.15, -0.1) is 0 Å². The molecule has 3 heterocycles. The monoisotopic (exact) mass is 414 g/mol. The summed E-state index contributed by atoms with van der Waals surface area (Å²) in [6.07, 6.45) is 2.93. The first-order valence-electron chi connectivity index (χ1n) is 8.25. The molecule has 0 unspecified atom stereocenters. The summed E-state index contributed by atoms with van der Waals surface area (Å²) in [4.78, 5) is 30.3. The third-order valence-electron chi connectivity index (χ3n) is 4.32. The van der Waals surface area contributed by atoms with Crippen LogP contribution in [-0.2, 0) is 19.4 Å². The highest BCUT2D eigenvalue weighted by molar-refractivity contribution is 8.04. The van der Waals surface area contributed by atoms with Gasteiger partial charge in [0.25, 0.3) is 5.91 Å². The first kappa shape index (κ1) is 18.5. The Balaban J connectivity index is 1.77. The van der Waals surface area contributed by atoms with Crippen LogP contribution in [0.5, 0.6) is 0 Å². The number of β-lactam (4-membered cyclic amide) rings is 1. The lowest BCUT2D eigenvalue weighted by Crippen LogP contribution is -2.62. The van der Waals surface area contributed by atoms with Crippen molar-refractivity contribution in [3.63, 3.8) is 0 Å². The number of aromatic nitrogens is 1. The SMILES string of the molecule is O=C(O)C1=C(Sc2ccccc2)CS(=O)(=O)[C@@H]2/C(=C/c3ccccn3)C(=O)N12. The van der Waals surface area contributed by atoms with Crippen LogP contribution in [0, 0.1) is 0 Å². The first-order valence-corrected chi connectivity index (χ1v) is 10.8. The van der Waals surface area contributed by atoms with Gasteiger partial charge in [0.05, 0.1) is 17.0 Å². The molecule has 1 aromatic heterocycles. The van der Waals surface area contributed by atoms with Crippen molar-refractivity contribution in [2.75, 3.05) is 5.75 Å². The number of rotatable bonds is 4. The van der Waals surface area contributed by atoms with E-state index in [2.05, 4.69) is 4.98 Å². The molecule has 2 aromatic rings. The molecule has 0 bridgehead atoms. The second-order valence-corrected chi connectivity index (χ2v) is 9.41. The van der Waals surface area contributed by atoms with Crippen LogP contribution in [0.2, 0.25) is 0 Å². The van der Waals surface area contributed by atoms with Crippen LogP contribution < -0.4 is 0 Å². The molecule has 1 amide bonds. The molecule has 1 saturated heterocycles. The van der Waals surface area contributed by atoms with E-state index in [0.717, 1.165) is 16.7 Å². The summed E-state index contributed by atoms with van der Waals surface area (Å²) in [5.74, 6) is -2.41. The maximum Gasteiger partial charge on any atom is 0.353 e. The van der Waals surface area contributed by atoms with E-state index in [1.54, 1.807) is 48.5 Å². The largest absolute Gasteiger partial charge is 0.477 e. The molecule has 142 valence electrons. The molecule has 2 aliphatic rings. The van der Waals surface area contributed by atoms with E-state index in [4.69, 9.17) is 0 Å². The molecule has 0 radical (unpaired) electrons. The van der Waals surface area contributed by atoms with Gasteiger partial charge in [-0.1, -0.05) is 36.0 Å². The topological polar surface area (TPSA) is 105 Å². The Kier molecular flexibility index (Phi) is 4.56. The molecule has 28 heavy (non-hydrogen) atoms. The number of carbonyl (C=O) groups excluding carboxylic acids is 1. The molecule has 4 rings (SSSR count). The molecular weight excluding hydrogens is 400 g/mol. The van der Waals surface area contributed by atoms with Gasteiger partial charge in [0, 0.05) is 16.0 Å². The lowest BCUT2D eigenvalue weighted by atomic mass is 10.0. The van der Waals surface area contributed by atoms with Crippen molar-refractivity contribution in [1.29, 1.82) is 0 Å². The van der Waals surface area contributed by atoms with Gasteiger partial charge < -0.3 is 5.11 Å². The summed E-state index contributed by atoms with van der Waals surface area (Å²) >= 11 is 1.04. The minimum atomic E-state index is -3.79. The van der Waals surface area contributed by atoms with Crippen molar-refractivity contribution in [2.45, 2.75) is 10.3 Å². The number of aliphatic carboxylic acids is 1. The predicted octanol–water partition coefficient (Wildman–Crippen LogP) is 2.15. The van der Waals surface area contributed by atoms with Crippen LogP contribution in [0.3, 0.4) is 0 Å². The molecule has 1 N–H and O–H groups in total. The minimum Gasteiger partial charge on any atom is -0.477 e. The molecule has 2 aliphatic heterocycles. The van der Waals surface area contributed by atoms with E-state index < -0.39 is 32.8 Å². The van der Waals surface area contributed by atoms with Crippen molar-refractivity contribution in [3.05, 3.63) is 76.6 Å². The maximum absolute atomic E-state index is 12.9. The standard InChI is InChI=1S/C19H14N2O5S2/c22-17-14(10-12-6-4-5-9-20-12)18-21(17)16(19(23)24)15(11-28(18,25)26)27-13-7-2-1-3-8-13/h1-10,18H,11H2,(H,23,24)/b14-10+/t18-/m1/s1. The van der Waals surface area contributed by atoms with E-state index in [-0.39, 0.29) is 16.2 Å². The van der Waals surface area contributed by atoms with Crippen molar-refractivity contribution in [3.8, 4) is 0 Å². The fourth-order valence-electron chi connectivity index (χ4n) is 3.15. The number of carboxylic acid groups (broad SMARTS) is 1. The Morgan fingerprint density at radius 1 is 1.18 bits per heavy atom. The minimum absolute atomic E-state index is 0.0289. The number of sulfone groups is 1. The van der Waals surface area contributed by atoms with Gasteiger partial charge in [0.2, 0.25) is 0 Å². The number of nitrogens with zero attached hydrogens (tertiary/aromatic N) is 2. The van der Waals surface area contributed by atoms with Crippen LogP contribution in [0.1, 0.15) is 5.69 Å². The third kappa shape index (κ3) is 3.12. The number of benzene rings is 1. The van der Waals surface area contributed by atoms with Gasteiger partial charge in [-0.2, -0.15) is 0 Å². The molecule has 1 aromatic carbocycles. The van der Waals surface area contributed by atoms with Crippen molar-refractivity contribution in [1.82, 2.24) is 9.88 Å². The van der Waals surface area contributed by atoms with Crippen LogP contribution >= 0.6 is 11.8 Å². The second kappa shape index (κ2) is 6.92. The van der Waals surface area contributed by atoms with Gasteiger partial charge >= 0.3 is 5.97 Å². The normalized spacial score (nSPS) is 22.0. The molecule has 0 spiro atoms. The van der Waals surface area contributed by atoms with Crippen molar-refractivity contribution >= 4 is 39.6 Å². The number of carbonyl (C=O) groups is 2. The number of hydrogen-bond donors (Lipinski definition) is 1. The van der Waals surface area contributed by atoms with Crippen molar-refractivity contribution < 1.29 is 23.1 Å². The molecule has 0 saturated carbocycles. The average Bonchev–Trinajstić information content (AvgIpc) is 2.66. The zero-order valence-electron chi connectivity index (χ0n) is 14.3. The number of thioether (sulfide) groups is 1. The summed E-state index contributed by atoms with van der Waals surface area (Å²) in [6, 6.07) is 13.9. The highest BCUT2D eigenvalue weighted by atomic mass is 32.2. The highest BCUT2D eigenvalue weighted by Crippen LogP contribution is 2.44. The highest BCUT2D eigenvalue weighted by Gasteiger charge is 2.56. The van der Waals surface area contributed by atoms with E-state index >= 15 is 0 Å². The van der Waals surface area contributed by atoms with Gasteiger partial charge in [0.1, 0.15) is 5.70 Å². The Morgan fingerprint density at radius 3 is 2.54 bits per heavy atom. The number of amides is 1. The summed E-state index contributed by atoms with van der Waals surface area (Å²) in [7, 11) is -3.79. The van der Waals surface area contributed by atoms with Crippen LogP contribution in [-0.4, -0.2) is 46.4 Å². The van der Waals surface area contributed by atoms with Gasteiger partial charge in [0.15, 0.2) is 15.2 Å². The Labute approximate surface area is 165 Å². The third-order valence-corrected chi connectivity index (χ3v) is 7.43. The maximum atomic E-state index is 12.9. The van der Waals surface area contributed by atoms with Gasteiger partial charge in [-0.25, -0.2) is 13.2 Å². The van der Waals surface area contributed by atoms with E-state index in [0.29, 0.717) is 10.6 Å². The Bertz CT molecular complexity index is 1130. The summed E-state index contributed by atoms with van der Waals surface area (Å²) in [5.41, 5.74) is 0.184. The second-order valence-electron chi connectivity index (χ2n) is 6.18. The molecule has 0 aliphatic carbocycles. The number of pyridine rings is 1. The fraction of sp³-hybridized carbons (Fsp3) is 0.105. The summed E-state index contributed by atoms with van der Waals surface area (Å²) in [5, 5.41) is 8.38. The number of fused-ring (bicyclic) bond motifs is 1. The van der Waals surface area contributed by atoms with Crippen LogP contribution in [0.4, 0.5) is 0 Å². The molecule has 7 nitrogen and oxygen atoms in total. The quantitative estimate of drug-likeness (QED) is 0.604. The van der Waals surface area contributed by atoms with Gasteiger partial charge in [-0.05, 0) is 30.3 Å². The molecule has 9 heteroatoms. The van der Waals surface area contributed by atoms with E-state index in [9.17, 15) is 23.1 Å². The smallest absolute Gasteiger partial charge is 0.353 e. The van der Waals surface area contributed by atoms with E-state index in [1.807, 2.05) is 0 Å². The zero-order chi connectivity index (χ0) is 19.9. The molecular formula is C19H14N2O5S2. The Hall–Kier alpha value is -2.91. The lowest BCUT2D eigenvalue weighted by molar-refractivity contribution is -0.141. The van der Waals surface area contributed by atoms with Crippen molar-refractivity contribution in [2.24, 2.45) is 0 Å². The van der Waals surface area contributed by atoms with Gasteiger partial charge in [-0.3, -0.25) is 14.7 Å². The van der Waals surface area contributed by atoms with Crippen LogP contribution in [0.25, 0.3) is 6.08 Å². The van der Waals surface area contributed by atoms with E-state index in [1.165, 1.54) is 12.3 Å². The summed E-state index contributed by atoms with van der Waals surface area (Å²) < 4.78 is 25.7. The fourth-order valence-corrected chi connectivity index (χ4v) is 6.47. The van der Waals surface area contributed by atoms with Crippen LogP contribution in [0.15, 0.2) is 75.8 Å². The Morgan fingerprint density at radius 2 is 1.89 bits per heavy atom. The zero-order valence-corrected chi connectivity index (χ0v) is 16.0. The first-order chi connectivity index (χ1) is 13.4. The molecule has 1 atom stereocenters. The average molecular weight is 414 g/mol. The lowest BCUT2D eigenvalue weighted by Gasteiger charge is -2.45. The molecule has 1 fully saturated rings. The number of carboxylic acids is 1.